The molecule has 0 fully saturated rings. The van der Waals surface area contributed by atoms with Crippen molar-refractivity contribution in [3.05, 3.63) is 46.3 Å². The monoisotopic (exact) mass is 289 g/mol. The molecule has 1 amide bonds. The molecule has 9 nitrogen and oxygen atoms in total. The summed E-state index contributed by atoms with van der Waals surface area (Å²) >= 11 is 0. The third-order valence-corrected chi connectivity index (χ3v) is 2.57. The summed E-state index contributed by atoms with van der Waals surface area (Å²) in [5.41, 5.74) is 0.764. The van der Waals surface area contributed by atoms with Crippen LogP contribution in [0.3, 0.4) is 0 Å². The average Bonchev–Trinajstić information content (AvgIpc) is 2.87. The van der Waals surface area contributed by atoms with Crippen LogP contribution in [-0.4, -0.2) is 31.4 Å². The number of rotatable bonds is 5. The Labute approximate surface area is 118 Å². The van der Waals surface area contributed by atoms with Gasteiger partial charge in [0, 0.05) is 10.7 Å². The molecule has 0 radical (unpaired) electrons. The minimum atomic E-state index is -0.751. The smallest absolute Gasteiger partial charge is 0.390 e. The number of anilines is 1. The third kappa shape index (κ3) is 3.47. The highest BCUT2D eigenvalue weighted by Crippen LogP contribution is 2.15. The molecule has 0 aliphatic rings. The van der Waals surface area contributed by atoms with Gasteiger partial charge in [0.2, 0.25) is 12.2 Å². The van der Waals surface area contributed by atoms with Gasteiger partial charge >= 0.3 is 5.95 Å². The highest BCUT2D eigenvalue weighted by atomic mass is 16.6. The van der Waals surface area contributed by atoms with Crippen molar-refractivity contribution in [3.63, 3.8) is 0 Å². The van der Waals surface area contributed by atoms with E-state index in [0.29, 0.717) is 11.3 Å². The van der Waals surface area contributed by atoms with E-state index in [4.69, 9.17) is 0 Å². The van der Waals surface area contributed by atoms with Gasteiger partial charge in [0.25, 0.3) is 0 Å². The molecule has 1 heterocycles. The molecule has 0 bridgehead atoms. The minimum Gasteiger partial charge on any atom is -0.390 e. The maximum atomic E-state index is 11.9. The van der Waals surface area contributed by atoms with Crippen LogP contribution >= 0.6 is 0 Å². The van der Waals surface area contributed by atoms with Crippen molar-refractivity contribution in [2.75, 3.05) is 5.32 Å². The molecular weight excluding hydrogens is 278 g/mol. The second kappa shape index (κ2) is 5.90. The number of ketones is 1. The molecule has 0 aliphatic carbocycles. The summed E-state index contributed by atoms with van der Waals surface area (Å²) in [6.07, 6.45) is 1.09. The summed E-state index contributed by atoms with van der Waals surface area (Å²) in [5, 5.41) is 16.5. The number of aromatic nitrogens is 3. The van der Waals surface area contributed by atoms with Gasteiger partial charge in [0.05, 0.1) is 5.69 Å². The van der Waals surface area contributed by atoms with Crippen molar-refractivity contribution < 1.29 is 14.5 Å². The standard InChI is InChI=1S/C12H11N5O4/c1-8(18)9-4-2-3-5-10(9)14-11(19)6-16-7-13-12(15-16)17(20)21/h2-5,7H,6H2,1H3,(H,14,19). The lowest BCUT2D eigenvalue weighted by atomic mass is 10.1. The molecule has 2 rings (SSSR count). The summed E-state index contributed by atoms with van der Waals surface area (Å²) < 4.78 is 1.05. The van der Waals surface area contributed by atoms with Gasteiger partial charge in [0.15, 0.2) is 5.78 Å². The quantitative estimate of drug-likeness (QED) is 0.498. The number of nitrogens with one attached hydrogen (secondary N) is 1. The maximum Gasteiger partial charge on any atom is 0.490 e. The lowest BCUT2D eigenvalue weighted by molar-refractivity contribution is -0.394. The summed E-state index contributed by atoms with van der Waals surface area (Å²) in [7, 11) is 0. The van der Waals surface area contributed by atoms with Crippen LogP contribution < -0.4 is 5.32 Å². The predicted molar refractivity (Wildman–Crippen MR) is 71.8 cm³/mol. The predicted octanol–water partition coefficient (Wildman–Crippen LogP) is 1.03. The number of Topliss-reactive ketones (excluding diaryl/α,β-unsaturated/α-hetero) is 1. The first-order chi connectivity index (χ1) is 9.97. The van der Waals surface area contributed by atoms with Gasteiger partial charge in [-0.25, -0.2) is 0 Å². The van der Waals surface area contributed by atoms with Crippen LogP contribution in [0.2, 0.25) is 0 Å². The fraction of sp³-hybridized carbons (Fsp3) is 0.167. The van der Waals surface area contributed by atoms with Crippen LogP contribution in [0.25, 0.3) is 0 Å². The summed E-state index contributed by atoms with van der Waals surface area (Å²) in [5.74, 6) is -1.22. The van der Waals surface area contributed by atoms with E-state index in [-0.39, 0.29) is 12.3 Å². The fourth-order valence-corrected chi connectivity index (χ4v) is 1.68. The van der Waals surface area contributed by atoms with E-state index in [9.17, 15) is 19.7 Å². The topological polar surface area (TPSA) is 120 Å². The zero-order chi connectivity index (χ0) is 15.4. The molecule has 0 saturated carbocycles. The van der Waals surface area contributed by atoms with E-state index >= 15 is 0 Å². The number of hydrogen-bond donors (Lipinski definition) is 1. The second-order valence-corrected chi connectivity index (χ2v) is 4.15. The van der Waals surface area contributed by atoms with Crippen molar-refractivity contribution in [2.45, 2.75) is 13.5 Å². The Hall–Kier alpha value is -3.10. The molecule has 0 aliphatic heterocycles. The summed E-state index contributed by atoms with van der Waals surface area (Å²) in [6.45, 7) is 1.15. The molecule has 1 aromatic heterocycles. The molecule has 1 N–H and O–H groups in total. The van der Waals surface area contributed by atoms with Crippen LogP contribution in [0, 0.1) is 10.1 Å². The van der Waals surface area contributed by atoms with Gasteiger partial charge in [-0.05, 0) is 24.0 Å². The zero-order valence-electron chi connectivity index (χ0n) is 11.0. The zero-order valence-corrected chi connectivity index (χ0v) is 11.0. The molecule has 1 aromatic carbocycles. The van der Waals surface area contributed by atoms with Gasteiger partial charge in [0.1, 0.15) is 6.54 Å². The highest BCUT2D eigenvalue weighted by Gasteiger charge is 2.16. The van der Waals surface area contributed by atoms with E-state index in [1.165, 1.54) is 6.92 Å². The Balaban J connectivity index is 2.08. The van der Waals surface area contributed by atoms with E-state index in [0.717, 1.165) is 11.0 Å². The summed E-state index contributed by atoms with van der Waals surface area (Å²) in [4.78, 5) is 36.4. The van der Waals surface area contributed by atoms with E-state index < -0.39 is 16.8 Å². The number of nitro groups is 1. The number of carbonyl (C=O) groups excluding carboxylic acids is 2. The van der Waals surface area contributed by atoms with Gasteiger partial charge in [-0.15, -0.1) is 0 Å². The van der Waals surface area contributed by atoms with Crippen LogP contribution in [0.5, 0.6) is 0 Å². The first-order valence-corrected chi connectivity index (χ1v) is 5.91. The van der Waals surface area contributed by atoms with Gasteiger partial charge in [-0.2, -0.15) is 4.68 Å². The van der Waals surface area contributed by atoms with E-state index in [1.807, 2.05) is 0 Å². The van der Waals surface area contributed by atoms with Crippen LogP contribution in [-0.2, 0) is 11.3 Å². The van der Waals surface area contributed by atoms with Crippen molar-refractivity contribution in [3.8, 4) is 0 Å². The molecule has 21 heavy (non-hydrogen) atoms. The molecule has 108 valence electrons. The first-order valence-electron chi connectivity index (χ1n) is 5.91. The Bertz CT molecular complexity index is 709. The Morgan fingerprint density at radius 1 is 1.38 bits per heavy atom. The number of carbonyl (C=O) groups is 2. The number of hydrogen-bond acceptors (Lipinski definition) is 6. The molecule has 0 saturated heterocycles. The Kier molecular flexibility index (Phi) is 4.02. The van der Waals surface area contributed by atoms with Crippen molar-refractivity contribution in [1.29, 1.82) is 0 Å². The van der Waals surface area contributed by atoms with Gasteiger partial charge in [-0.3, -0.25) is 9.59 Å². The average molecular weight is 289 g/mol. The van der Waals surface area contributed by atoms with Gasteiger partial charge < -0.3 is 15.4 Å². The molecule has 2 aromatic rings. The number of amides is 1. The summed E-state index contributed by atoms with van der Waals surface area (Å²) in [6, 6.07) is 6.56. The van der Waals surface area contributed by atoms with Crippen LogP contribution in [0.15, 0.2) is 30.6 Å². The number of benzene rings is 1. The minimum absolute atomic E-state index is 0.178. The number of para-hydroxylation sites is 1. The lowest BCUT2D eigenvalue weighted by Gasteiger charge is -2.07. The normalized spacial score (nSPS) is 10.1. The fourth-order valence-electron chi connectivity index (χ4n) is 1.68. The largest absolute Gasteiger partial charge is 0.490 e. The molecule has 9 heteroatoms. The molecular formula is C12H11N5O4. The molecule has 0 atom stereocenters. The van der Waals surface area contributed by atoms with Crippen LogP contribution in [0.4, 0.5) is 11.6 Å². The maximum absolute atomic E-state index is 11.9. The van der Waals surface area contributed by atoms with Crippen molar-refractivity contribution in [1.82, 2.24) is 14.8 Å². The van der Waals surface area contributed by atoms with E-state index in [2.05, 4.69) is 15.4 Å². The first kappa shape index (κ1) is 14.3. The highest BCUT2D eigenvalue weighted by molar-refractivity contribution is 6.03. The molecule has 0 spiro atoms. The Morgan fingerprint density at radius 3 is 2.71 bits per heavy atom. The van der Waals surface area contributed by atoms with Crippen LogP contribution in [0.1, 0.15) is 17.3 Å². The second-order valence-electron chi connectivity index (χ2n) is 4.15. The Morgan fingerprint density at radius 2 is 2.10 bits per heavy atom. The lowest BCUT2D eigenvalue weighted by Crippen LogP contribution is -2.20. The van der Waals surface area contributed by atoms with E-state index in [1.54, 1.807) is 24.3 Å². The van der Waals surface area contributed by atoms with Crippen molar-refractivity contribution in [2.24, 2.45) is 0 Å². The SMILES string of the molecule is CC(=O)c1ccccc1NC(=O)Cn1cnc([N+](=O)[O-])n1. The van der Waals surface area contributed by atoms with Gasteiger partial charge in [-0.1, -0.05) is 17.1 Å². The number of nitrogens with zero attached hydrogens (tertiary/aromatic N) is 4. The third-order valence-electron chi connectivity index (χ3n) is 2.57. The molecule has 0 unspecified atom stereocenters. The van der Waals surface area contributed by atoms with Crippen molar-refractivity contribution >= 4 is 23.3 Å².